The Kier molecular flexibility index (Phi) is 4.02. The fourth-order valence-corrected chi connectivity index (χ4v) is 3.93. The molecule has 132 valence electrons. The third-order valence-corrected chi connectivity index (χ3v) is 5.64. The Morgan fingerprint density at radius 1 is 1.40 bits per heavy atom. The van der Waals surface area contributed by atoms with Crippen molar-refractivity contribution < 1.29 is 4.79 Å². The maximum atomic E-state index is 11.7. The molecule has 0 radical (unpaired) electrons. The van der Waals surface area contributed by atoms with E-state index in [1.807, 2.05) is 31.5 Å². The van der Waals surface area contributed by atoms with Gasteiger partial charge in [-0.15, -0.1) is 0 Å². The summed E-state index contributed by atoms with van der Waals surface area (Å²) in [5.74, 6) is 0.440. The van der Waals surface area contributed by atoms with Crippen molar-refractivity contribution >= 4 is 17.8 Å². The van der Waals surface area contributed by atoms with E-state index in [1.54, 1.807) is 0 Å². The van der Waals surface area contributed by atoms with Gasteiger partial charge in [0, 0.05) is 36.4 Å². The molecule has 2 N–H and O–H groups in total. The molecule has 1 aliphatic heterocycles. The van der Waals surface area contributed by atoms with Gasteiger partial charge >= 0.3 is 0 Å². The van der Waals surface area contributed by atoms with E-state index in [1.165, 1.54) is 12.8 Å². The SMILES string of the molecule is Cc1c(C(N)=O)cccc1N(CC1CC1)[C@@H]1C[C@H]1N1C=CN=CC1C. The summed E-state index contributed by atoms with van der Waals surface area (Å²) < 4.78 is 0. The molecule has 1 unspecified atom stereocenters. The van der Waals surface area contributed by atoms with Crippen molar-refractivity contribution in [2.45, 2.75) is 51.2 Å². The number of nitrogens with two attached hydrogens (primary N) is 1. The van der Waals surface area contributed by atoms with Gasteiger partial charge in [-0.1, -0.05) is 6.07 Å². The first-order chi connectivity index (χ1) is 12.1. The van der Waals surface area contributed by atoms with Gasteiger partial charge in [-0.05, 0) is 56.7 Å². The lowest BCUT2D eigenvalue weighted by atomic mass is 10.0. The zero-order valence-electron chi connectivity index (χ0n) is 14.9. The number of anilines is 1. The van der Waals surface area contributed by atoms with E-state index < -0.39 is 0 Å². The van der Waals surface area contributed by atoms with Gasteiger partial charge in [0.05, 0.1) is 18.1 Å². The molecule has 2 fully saturated rings. The second kappa shape index (κ2) is 6.21. The van der Waals surface area contributed by atoms with E-state index >= 15 is 0 Å². The Morgan fingerprint density at radius 2 is 2.20 bits per heavy atom. The number of nitrogens with zero attached hydrogens (tertiary/aromatic N) is 3. The van der Waals surface area contributed by atoms with Crippen LogP contribution in [-0.4, -0.2) is 41.7 Å². The molecular formula is C20H26N4O. The van der Waals surface area contributed by atoms with Crippen LogP contribution in [0.2, 0.25) is 0 Å². The van der Waals surface area contributed by atoms with Gasteiger partial charge in [-0.3, -0.25) is 9.79 Å². The van der Waals surface area contributed by atoms with Crippen LogP contribution in [0.1, 0.15) is 42.1 Å². The molecule has 3 atom stereocenters. The van der Waals surface area contributed by atoms with Crippen LogP contribution in [0, 0.1) is 12.8 Å². The summed E-state index contributed by atoms with van der Waals surface area (Å²) in [6.45, 7) is 5.28. The number of carbonyl (C=O) groups excluding carboxylic acids is 1. The summed E-state index contributed by atoms with van der Waals surface area (Å²) in [4.78, 5) is 20.9. The standard InChI is InChI=1S/C20H26N4O/c1-13-11-22-8-9-23(13)18-10-19(18)24(12-15-6-7-15)17-5-3-4-16(14(17)2)20(21)25/h3-5,8-9,11,13,15,18-19H,6-7,10,12H2,1-2H3,(H2,21,25)/t13?,18-,19-/m1/s1. The quantitative estimate of drug-likeness (QED) is 0.867. The fourth-order valence-electron chi connectivity index (χ4n) is 3.93. The van der Waals surface area contributed by atoms with Crippen LogP contribution < -0.4 is 10.6 Å². The van der Waals surface area contributed by atoms with Crippen molar-refractivity contribution in [3.05, 3.63) is 41.7 Å². The van der Waals surface area contributed by atoms with E-state index in [2.05, 4.69) is 34.0 Å². The lowest BCUT2D eigenvalue weighted by Crippen LogP contribution is -2.39. The molecule has 1 aromatic carbocycles. The molecule has 4 rings (SSSR count). The minimum Gasteiger partial charge on any atom is -0.366 e. The van der Waals surface area contributed by atoms with Gasteiger partial charge < -0.3 is 15.5 Å². The number of rotatable bonds is 6. The molecule has 0 saturated heterocycles. The van der Waals surface area contributed by atoms with Gasteiger partial charge in [0.1, 0.15) is 0 Å². The number of aliphatic imine (C=N–C) groups is 1. The van der Waals surface area contributed by atoms with Crippen LogP contribution in [0.5, 0.6) is 0 Å². The van der Waals surface area contributed by atoms with E-state index in [0.29, 0.717) is 23.7 Å². The van der Waals surface area contributed by atoms with Crippen molar-refractivity contribution in [3.8, 4) is 0 Å². The maximum absolute atomic E-state index is 11.7. The number of amides is 1. The summed E-state index contributed by atoms with van der Waals surface area (Å²) in [6, 6.07) is 7.24. The average Bonchev–Trinajstić information content (AvgIpc) is 3.48. The van der Waals surface area contributed by atoms with Crippen molar-refractivity contribution in [3.63, 3.8) is 0 Å². The number of benzene rings is 1. The molecule has 2 saturated carbocycles. The molecule has 5 nitrogen and oxygen atoms in total. The van der Waals surface area contributed by atoms with Gasteiger partial charge in [0.15, 0.2) is 0 Å². The van der Waals surface area contributed by atoms with E-state index in [9.17, 15) is 4.79 Å². The van der Waals surface area contributed by atoms with Crippen molar-refractivity contribution in [1.82, 2.24) is 4.90 Å². The van der Waals surface area contributed by atoms with E-state index in [0.717, 1.165) is 30.1 Å². The third-order valence-electron chi connectivity index (χ3n) is 5.64. The fraction of sp³-hybridized carbons (Fsp3) is 0.500. The van der Waals surface area contributed by atoms with Crippen molar-refractivity contribution in [2.24, 2.45) is 16.6 Å². The third kappa shape index (κ3) is 3.15. The highest BCUT2D eigenvalue weighted by molar-refractivity contribution is 5.95. The van der Waals surface area contributed by atoms with Crippen LogP contribution in [0.3, 0.4) is 0 Å². The molecule has 0 bridgehead atoms. The maximum Gasteiger partial charge on any atom is 0.249 e. The van der Waals surface area contributed by atoms with Crippen molar-refractivity contribution in [2.75, 3.05) is 11.4 Å². The molecule has 2 aliphatic carbocycles. The molecule has 0 aromatic heterocycles. The first-order valence-electron chi connectivity index (χ1n) is 9.19. The van der Waals surface area contributed by atoms with E-state index in [-0.39, 0.29) is 5.91 Å². The monoisotopic (exact) mass is 338 g/mol. The van der Waals surface area contributed by atoms with Crippen LogP contribution >= 0.6 is 0 Å². The Hall–Kier alpha value is -2.30. The second-order valence-corrected chi connectivity index (χ2v) is 7.56. The lowest BCUT2D eigenvalue weighted by molar-refractivity contribution is 0.0999. The number of primary amides is 1. The number of carbonyl (C=O) groups is 1. The molecule has 1 amide bonds. The lowest BCUT2D eigenvalue weighted by Gasteiger charge is -2.32. The normalized spacial score (nSPS) is 27.4. The number of hydrogen-bond acceptors (Lipinski definition) is 4. The smallest absolute Gasteiger partial charge is 0.249 e. The molecule has 5 heteroatoms. The molecule has 1 aromatic rings. The highest BCUT2D eigenvalue weighted by Gasteiger charge is 2.47. The van der Waals surface area contributed by atoms with Crippen LogP contribution in [0.4, 0.5) is 5.69 Å². The molecule has 3 aliphatic rings. The summed E-state index contributed by atoms with van der Waals surface area (Å²) in [6.07, 6.45) is 9.76. The summed E-state index contributed by atoms with van der Waals surface area (Å²) in [5.41, 5.74) is 8.36. The molecule has 1 heterocycles. The summed E-state index contributed by atoms with van der Waals surface area (Å²) in [5, 5.41) is 0. The van der Waals surface area contributed by atoms with Crippen LogP contribution in [-0.2, 0) is 0 Å². The molecule has 0 spiro atoms. The van der Waals surface area contributed by atoms with E-state index in [4.69, 9.17) is 5.73 Å². The minimum atomic E-state index is -0.345. The van der Waals surface area contributed by atoms with Gasteiger partial charge in [-0.25, -0.2) is 0 Å². The summed E-state index contributed by atoms with van der Waals surface area (Å²) in [7, 11) is 0. The Bertz CT molecular complexity index is 737. The van der Waals surface area contributed by atoms with Crippen LogP contribution in [0.25, 0.3) is 0 Å². The Balaban J connectivity index is 1.60. The average molecular weight is 338 g/mol. The first kappa shape index (κ1) is 16.2. The Morgan fingerprint density at radius 3 is 2.88 bits per heavy atom. The largest absolute Gasteiger partial charge is 0.366 e. The zero-order chi connectivity index (χ0) is 17.6. The van der Waals surface area contributed by atoms with Gasteiger partial charge in [0.2, 0.25) is 5.91 Å². The molecule has 25 heavy (non-hydrogen) atoms. The second-order valence-electron chi connectivity index (χ2n) is 7.56. The predicted octanol–water partition coefficient (Wildman–Crippen LogP) is 2.70. The number of hydrogen-bond donors (Lipinski definition) is 1. The highest BCUT2D eigenvalue weighted by atomic mass is 16.1. The van der Waals surface area contributed by atoms with Gasteiger partial charge in [0.25, 0.3) is 0 Å². The van der Waals surface area contributed by atoms with Crippen LogP contribution in [0.15, 0.2) is 35.6 Å². The predicted molar refractivity (Wildman–Crippen MR) is 101 cm³/mol. The molecular weight excluding hydrogens is 312 g/mol. The zero-order valence-corrected chi connectivity index (χ0v) is 14.9. The highest BCUT2D eigenvalue weighted by Crippen LogP contribution is 2.42. The minimum absolute atomic E-state index is 0.334. The topological polar surface area (TPSA) is 61.9 Å². The van der Waals surface area contributed by atoms with Crippen molar-refractivity contribution in [1.29, 1.82) is 0 Å². The first-order valence-corrected chi connectivity index (χ1v) is 9.19. The Labute approximate surface area is 149 Å². The summed E-state index contributed by atoms with van der Waals surface area (Å²) >= 11 is 0. The van der Waals surface area contributed by atoms with Gasteiger partial charge in [-0.2, -0.15) is 0 Å².